The predicted molar refractivity (Wildman–Crippen MR) is 87.3 cm³/mol. The van der Waals surface area contributed by atoms with Gasteiger partial charge >= 0.3 is 6.09 Å². The first kappa shape index (κ1) is 16.9. The van der Waals surface area contributed by atoms with Crippen LogP contribution in [0.25, 0.3) is 0 Å². The number of benzene rings is 1. The van der Waals surface area contributed by atoms with Crippen LogP contribution in [-0.2, 0) is 14.3 Å². The van der Waals surface area contributed by atoms with E-state index in [1.807, 2.05) is 0 Å². The van der Waals surface area contributed by atoms with Crippen LogP contribution >= 0.6 is 0 Å². The average molecular weight is 347 g/mol. The van der Waals surface area contributed by atoms with E-state index >= 15 is 0 Å². The molecule has 2 unspecified atom stereocenters. The molecule has 0 aliphatic carbocycles. The first-order chi connectivity index (χ1) is 11.9. The highest BCUT2D eigenvalue weighted by Gasteiger charge is 2.33. The maximum Gasteiger partial charge on any atom is 0.407 e. The Morgan fingerprint density at radius 1 is 1.44 bits per heavy atom. The topological polar surface area (TPSA) is 87.7 Å². The van der Waals surface area contributed by atoms with Crippen LogP contribution in [-0.4, -0.2) is 37.0 Å². The summed E-state index contributed by atoms with van der Waals surface area (Å²) in [6, 6.07) is 3.92. The van der Waals surface area contributed by atoms with E-state index in [0.717, 1.165) is 0 Å². The number of alkyl carbamates (subject to hydrolysis) is 1. The van der Waals surface area contributed by atoms with Crippen LogP contribution in [0.4, 0.5) is 14.9 Å². The molecule has 0 radical (unpaired) electrons. The fourth-order valence-electron chi connectivity index (χ4n) is 2.91. The molecule has 2 atom stereocenters. The Kier molecular flexibility index (Phi) is 4.69. The van der Waals surface area contributed by atoms with E-state index in [-0.39, 0.29) is 18.2 Å². The zero-order valence-corrected chi connectivity index (χ0v) is 13.6. The lowest BCUT2D eigenvalue weighted by Gasteiger charge is -2.26. The van der Waals surface area contributed by atoms with E-state index in [1.54, 1.807) is 23.2 Å². The van der Waals surface area contributed by atoms with Crippen LogP contribution in [0.3, 0.4) is 0 Å². The summed E-state index contributed by atoms with van der Waals surface area (Å²) >= 11 is 0. The number of hydrogen-bond acceptors (Lipinski definition) is 5. The molecule has 1 saturated heterocycles. The van der Waals surface area contributed by atoms with E-state index in [1.165, 1.54) is 19.1 Å². The minimum Gasteiger partial charge on any atom is -0.442 e. The van der Waals surface area contributed by atoms with Gasteiger partial charge in [-0.25, -0.2) is 9.18 Å². The summed E-state index contributed by atoms with van der Waals surface area (Å²) in [6.45, 7) is 1.98. The molecule has 0 saturated carbocycles. The number of nitrogens with one attached hydrogen (secondary N) is 2. The molecule has 2 heterocycles. The molecule has 0 bridgehead atoms. The molecule has 2 amide bonds. The lowest BCUT2D eigenvalue weighted by molar-refractivity contribution is -0.120. The van der Waals surface area contributed by atoms with Gasteiger partial charge in [-0.1, -0.05) is 6.07 Å². The molecular formula is C17H18FN3O4. The minimum atomic E-state index is -0.654. The summed E-state index contributed by atoms with van der Waals surface area (Å²) in [5, 5.41) is 5.22. The van der Waals surface area contributed by atoms with E-state index in [9.17, 15) is 18.8 Å². The van der Waals surface area contributed by atoms with Gasteiger partial charge in [0.05, 0.1) is 18.3 Å². The Bertz CT molecular complexity index is 749. The molecule has 1 aromatic rings. The molecule has 2 N–H and O–H groups in total. The molecule has 2 aliphatic rings. The summed E-state index contributed by atoms with van der Waals surface area (Å²) in [5.41, 5.74) is 0.839. The number of rotatable bonds is 4. The number of ether oxygens (including phenoxy) is 1. The average Bonchev–Trinajstić information content (AvgIpc) is 2.99. The van der Waals surface area contributed by atoms with E-state index in [4.69, 9.17) is 4.74 Å². The first-order valence-electron chi connectivity index (χ1n) is 7.93. The van der Waals surface area contributed by atoms with Crippen molar-refractivity contribution in [3.05, 3.63) is 41.9 Å². The van der Waals surface area contributed by atoms with Crippen molar-refractivity contribution in [3.8, 4) is 0 Å². The van der Waals surface area contributed by atoms with Crippen molar-refractivity contribution in [2.45, 2.75) is 25.5 Å². The van der Waals surface area contributed by atoms with E-state index in [0.29, 0.717) is 24.2 Å². The second-order valence-electron chi connectivity index (χ2n) is 5.94. The van der Waals surface area contributed by atoms with E-state index < -0.39 is 24.1 Å². The lowest BCUT2D eigenvalue weighted by atomic mass is 10.00. The molecule has 0 spiro atoms. The smallest absolute Gasteiger partial charge is 0.407 e. The summed E-state index contributed by atoms with van der Waals surface area (Å²) < 4.78 is 19.7. The third-order valence-corrected chi connectivity index (χ3v) is 4.12. The Labute approximate surface area is 143 Å². The molecule has 7 nitrogen and oxygen atoms in total. The quantitative estimate of drug-likeness (QED) is 0.860. The number of cyclic esters (lactones) is 1. The standard InChI is InChI=1S/C17H18FN3O4/c1-10(22)20-16(15-9-19-17(24)25-15)11-2-3-14(13(18)8-11)21-6-4-12(23)5-7-21/h2-4,6,8,15-16H,5,7,9H2,1H3,(H,19,24)(H,20,22). The highest BCUT2D eigenvalue weighted by Crippen LogP contribution is 2.28. The van der Waals surface area contributed by atoms with Gasteiger partial charge in [-0.2, -0.15) is 0 Å². The molecular weight excluding hydrogens is 329 g/mol. The highest BCUT2D eigenvalue weighted by molar-refractivity contribution is 5.91. The number of hydrogen-bond donors (Lipinski definition) is 2. The van der Waals surface area contributed by atoms with Crippen LogP contribution < -0.4 is 15.5 Å². The number of halogens is 1. The van der Waals surface area contributed by atoms with Crippen LogP contribution in [0.15, 0.2) is 30.5 Å². The van der Waals surface area contributed by atoms with Gasteiger partial charge in [0, 0.05) is 26.1 Å². The van der Waals surface area contributed by atoms with Crippen LogP contribution in [0.1, 0.15) is 24.9 Å². The van der Waals surface area contributed by atoms with Crippen molar-refractivity contribution in [3.63, 3.8) is 0 Å². The molecule has 1 aromatic carbocycles. The van der Waals surface area contributed by atoms with Gasteiger partial charge in [0.25, 0.3) is 0 Å². The van der Waals surface area contributed by atoms with Crippen molar-refractivity contribution < 1.29 is 23.5 Å². The molecule has 2 aliphatic heterocycles. The summed E-state index contributed by atoms with van der Waals surface area (Å²) in [4.78, 5) is 35.7. The summed E-state index contributed by atoms with van der Waals surface area (Å²) in [5.74, 6) is -0.784. The maximum absolute atomic E-state index is 14.6. The predicted octanol–water partition coefficient (Wildman–Crippen LogP) is 1.40. The van der Waals surface area contributed by atoms with Crippen molar-refractivity contribution in [2.75, 3.05) is 18.0 Å². The number of anilines is 1. The van der Waals surface area contributed by atoms with E-state index in [2.05, 4.69) is 10.6 Å². The number of allylic oxidation sites excluding steroid dienone is 1. The highest BCUT2D eigenvalue weighted by atomic mass is 19.1. The number of carbonyl (C=O) groups is 3. The first-order valence-corrected chi connectivity index (χ1v) is 7.93. The number of amides is 2. The van der Waals surface area contributed by atoms with Gasteiger partial charge in [0.1, 0.15) is 11.9 Å². The van der Waals surface area contributed by atoms with Crippen molar-refractivity contribution >= 4 is 23.5 Å². The summed E-state index contributed by atoms with van der Waals surface area (Å²) in [6.07, 6.45) is 2.11. The monoisotopic (exact) mass is 347 g/mol. The van der Waals surface area contributed by atoms with Gasteiger partial charge in [0.15, 0.2) is 5.78 Å². The molecule has 0 aromatic heterocycles. The maximum atomic E-state index is 14.6. The largest absolute Gasteiger partial charge is 0.442 e. The Morgan fingerprint density at radius 2 is 2.24 bits per heavy atom. The fraction of sp³-hybridized carbons (Fsp3) is 0.353. The van der Waals surface area contributed by atoms with Crippen LogP contribution in [0.5, 0.6) is 0 Å². The third-order valence-electron chi connectivity index (χ3n) is 4.12. The molecule has 1 fully saturated rings. The number of nitrogens with zero attached hydrogens (tertiary/aromatic N) is 1. The van der Waals surface area contributed by atoms with Gasteiger partial charge in [-0.3, -0.25) is 9.59 Å². The van der Waals surface area contributed by atoms with Crippen molar-refractivity contribution in [2.24, 2.45) is 0 Å². The molecule has 8 heteroatoms. The van der Waals surface area contributed by atoms with Crippen molar-refractivity contribution in [1.82, 2.24) is 10.6 Å². The van der Waals surface area contributed by atoms with Gasteiger partial charge in [-0.15, -0.1) is 0 Å². The van der Waals surface area contributed by atoms with Gasteiger partial charge in [-0.05, 0) is 23.8 Å². The van der Waals surface area contributed by atoms with Gasteiger partial charge in [0.2, 0.25) is 5.91 Å². The zero-order valence-electron chi connectivity index (χ0n) is 13.6. The van der Waals surface area contributed by atoms with Crippen LogP contribution in [0, 0.1) is 5.82 Å². The fourth-order valence-corrected chi connectivity index (χ4v) is 2.91. The van der Waals surface area contributed by atoms with Crippen molar-refractivity contribution in [1.29, 1.82) is 0 Å². The number of ketones is 1. The number of carbonyl (C=O) groups excluding carboxylic acids is 3. The Morgan fingerprint density at radius 3 is 2.80 bits per heavy atom. The summed E-state index contributed by atoms with van der Waals surface area (Å²) in [7, 11) is 0. The molecule has 25 heavy (non-hydrogen) atoms. The molecule has 3 rings (SSSR count). The third kappa shape index (κ3) is 3.78. The normalized spacial score (nSPS) is 20.9. The minimum absolute atomic E-state index is 0.00884. The lowest BCUT2D eigenvalue weighted by Crippen LogP contribution is -2.37. The Hall–Kier alpha value is -2.90. The zero-order chi connectivity index (χ0) is 18.0. The molecule has 132 valence electrons. The SMILES string of the molecule is CC(=O)NC(c1ccc(N2C=CC(=O)CC2)c(F)c1)C1CNC(=O)O1. The second kappa shape index (κ2) is 6.92. The van der Waals surface area contributed by atoms with Crippen LogP contribution in [0.2, 0.25) is 0 Å². The Balaban J connectivity index is 1.86. The second-order valence-corrected chi connectivity index (χ2v) is 5.94. The van der Waals surface area contributed by atoms with Gasteiger partial charge < -0.3 is 20.3 Å².